The predicted molar refractivity (Wildman–Crippen MR) is 66.3 cm³/mol. The molecule has 1 atom stereocenters. The second-order valence-electron chi connectivity index (χ2n) is 3.49. The largest absolute Gasteiger partial charge is 0.481 e. The van der Waals surface area contributed by atoms with Gasteiger partial charge in [0.05, 0.1) is 5.75 Å². The molecule has 1 unspecified atom stereocenters. The van der Waals surface area contributed by atoms with E-state index in [1.807, 2.05) is 6.92 Å². The number of sulfonamides is 1. The summed E-state index contributed by atoms with van der Waals surface area (Å²) in [6, 6.07) is -0.111. The monoisotopic (exact) mass is 269 g/mol. The first-order valence-corrected chi connectivity index (χ1v) is 7.97. The van der Waals surface area contributed by atoms with Crippen LogP contribution < -0.4 is 4.72 Å². The van der Waals surface area contributed by atoms with Gasteiger partial charge in [0, 0.05) is 18.2 Å². The zero-order valence-corrected chi connectivity index (χ0v) is 11.2. The molecule has 0 fully saturated rings. The number of carbonyl (C=O) groups is 1. The Labute approximate surface area is 101 Å². The van der Waals surface area contributed by atoms with Crippen LogP contribution in [-0.2, 0) is 14.8 Å². The van der Waals surface area contributed by atoms with E-state index in [4.69, 9.17) is 5.11 Å². The van der Waals surface area contributed by atoms with Crippen LogP contribution in [-0.4, -0.2) is 42.8 Å². The summed E-state index contributed by atoms with van der Waals surface area (Å²) in [5.41, 5.74) is 0. The lowest BCUT2D eigenvalue weighted by Gasteiger charge is -2.13. The topological polar surface area (TPSA) is 83.5 Å². The zero-order chi connectivity index (χ0) is 12.6. The van der Waals surface area contributed by atoms with Gasteiger partial charge in [0.15, 0.2) is 0 Å². The number of carboxylic acids is 1. The third-order valence-electron chi connectivity index (χ3n) is 1.76. The highest BCUT2D eigenvalue weighted by molar-refractivity contribution is 7.99. The van der Waals surface area contributed by atoms with Gasteiger partial charge in [-0.15, -0.1) is 0 Å². The van der Waals surface area contributed by atoms with Gasteiger partial charge >= 0.3 is 5.97 Å². The van der Waals surface area contributed by atoms with Gasteiger partial charge in [-0.1, -0.05) is 6.92 Å². The van der Waals surface area contributed by atoms with E-state index in [1.165, 1.54) is 0 Å². The van der Waals surface area contributed by atoms with Crippen molar-refractivity contribution in [1.29, 1.82) is 0 Å². The molecule has 0 aliphatic carbocycles. The summed E-state index contributed by atoms with van der Waals surface area (Å²) in [7, 11) is -3.33. The third-order valence-corrected chi connectivity index (χ3v) is 4.49. The van der Waals surface area contributed by atoms with E-state index in [2.05, 4.69) is 4.72 Å². The number of nitrogens with one attached hydrogen (secondary N) is 1. The molecule has 0 amide bonds. The van der Waals surface area contributed by atoms with Gasteiger partial charge in [0.1, 0.15) is 0 Å². The fourth-order valence-corrected chi connectivity index (χ4v) is 3.22. The van der Waals surface area contributed by atoms with E-state index in [0.717, 1.165) is 11.5 Å². The smallest absolute Gasteiger partial charge is 0.303 e. The van der Waals surface area contributed by atoms with Crippen molar-refractivity contribution in [1.82, 2.24) is 4.72 Å². The first-order chi connectivity index (χ1) is 7.37. The van der Waals surface area contributed by atoms with Crippen molar-refractivity contribution in [2.45, 2.75) is 32.7 Å². The molecule has 0 bridgehead atoms. The highest BCUT2D eigenvalue weighted by Gasteiger charge is 2.14. The Morgan fingerprint density at radius 3 is 2.62 bits per heavy atom. The maximum absolute atomic E-state index is 11.5. The van der Waals surface area contributed by atoms with E-state index in [9.17, 15) is 13.2 Å². The van der Waals surface area contributed by atoms with Crippen LogP contribution in [0.5, 0.6) is 0 Å². The maximum Gasteiger partial charge on any atom is 0.303 e. The number of hydrogen-bond donors (Lipinski definition) is 2. The van der Waals surface area contributed by atoms with Crippen molar-refractivity contribution < 1.29 is 18.3 Å². The minimum Gasteiger partial charge on any atom is -0.481 e. The molecule has 0 heterocycles. The Balaban J connectivity index is 3.90. The lowest BCUT2D eigenvalue weighted by Crippen LogP contribution is -2.36. The van der Waals surface area contributed by atoms with Crippen molar-refractivity contribution in [3.05, 3.63) is 0 Å². The molecule has 0 aromatic heterocycles. The van der Waals surface area contributed by atoms with Crippen molar-refractivity contribution >= 4 is 27.8 Å². The fraction of sp³-hybridized carbons (Fsp3) is 0.889. The molecule has 16 heavy (non-hydrogen) atoms. The van der Waals surface area contributed by atoms with Crippen LogP contribution in [0.1, 0.15) is 26.7 Å². The van der Waals surface area contributed by atoms with Crippen LogP contribution in [0, 0.1) is 0 Å². The molecular formula is C9H19NO4S2. The predicted octanol–water partition coefficient (Wildman–Crippen LogP) is 0.912. The van der Waals surface area contributed by atoms with Crippen LogP contribution in [0.15, 0.2) is 0 Å². The van der Waals surface area contributed by atoms with Crippen molar-refractivity contribution in [3.63, 3.8) is 0 Å². The lowest BCUT2D eigenvalue weighted by atomic mass is 10.3. The summed E-state index contributed by atoms with van der Waals surface area (Å²) in [5, 5.41) is 8.39. The Morgan fingerprint density at radius 2 is 2.12 bits per heavy atom. The summed E-state index contributed by atoms with van der Waals surface area (Å²) in [5.74, 6) is 0.588. The van der Waals surface area contributed by atoms with Gasteiger partial charge in [-0.05, 0) is 19.1 Å². The molecule has 0 spiro atoms. The molecule has 2 N–H and O–H groups in total. The Bertz CT molecular complexity index is 303. The van der Waals surface area contributed by atoms with Gasteiger partial charge in [0.2, 0.25) is 10.0 Å². The first kappa shape index (κ1) is 15.7. The lowest BCUT2D eigenvalue weighted by molar-refractivity contribution is -0.137. The standard InChI is InChI=1S/C9H19NO4S2/c1-3-15-7-8(2)10-16(13,14)6-4-5-9(11)12/h8,10H,3-7H2,1-2H3,(H,11,12). The number of hydrogen-bond acceptors (Lipinski definition) is 4. The molecule has 0 aromatic rings. The molecule has 0 aliphatic heterocycles. The molecule has 5 nitrogen and oxygen atoms in total. The molecule has 0 rings (SSSR count). The minimum absolute atomic E-state index is 0.111. The number of thioether (sulfide) groups is 1. The highest BCUT2D eigenvalue weighted by Crippen LogP contribution is 2.03. The Hall–Kier alpha value is -0.270. The average molecular weight is 269 g/mol. The normalized spacial score (nSPS) is 13.6. The Morgan fingerprint density at radius 1 is 1.50 bits per heavy atom. The van der Waals surface area contributed by atoms with Crippen LogP contribution in [0.4, 0.5) is 0 Å². The van der Waals surface area contributed by atoms with Crippen molar-refractivity contribution in [2.24, 2.45) is 0 Å². The van der Waals surface area contributed by atoms with Gasteiger partial charge in [-0.25, -0.2) is 13.1 Å². The number of rotatable bonds is 9. The minimum atomic E-state index is -3.33. The van der Waals surface area contributed by atoms with Crippen molar-refractivity contribution in [2.75, 3.05) is 17.3 Å². The van der Waals surface area contributed by atoms with E-state index in [1.54, 1.807) is 18.7 Å². The SMILES string of the molecule is CCSCC(C)NS(=O)(=O)CCCC(=O)O. The molecule has 0 radical (unpaired) electrons. The van der Waals surface area contributed by atoms with E-state index in [-0.39, 0.29) is 24.6 Å². The molecule has 96 valence electrons. The second-order valence-corrected chi connectivity index (χ2v) is 6.69. The third kappa shape index (κ3) is 8.99. The molecular weight excluding hydrogens is 250 g/mol. The quantitative estimate of drug-likeness (QED) is 0.650. The first-order valence-electron chi connectivity index (χ1n) is 5.17. The van der Waals surface area contributed by atoms with E-state index < -0.39 is 16.0 Å². The van der Waals surface area contributed by atoms with E-state index >= 15 is 0 Å². The summed E-state index contributed by atoms with van der Waals surface area (Å²) in [6.07, 6.45) is 0.0390. The number of aliphatic carboxylic acids is 1. The summed E-state index contributed by atoms with van der Waals surface area (Å²) in [6.45, 7) is 3.82. The van der Waals surface area contributed by atoms with Gasteiger partial charge in [-0.2, -0.15) is 11.8 Å². The fourth-order valence-electron chi connectivity index (χ4n) is 1.11. The van der Waals surface area contributed by atoms with Crippen LogP contribution in [0.3, 0.4) is 0 Å². The van der Waals surface area contributed by atoms with Crippen molar-refractivity contribution in [3.8, 4) is 0 Å². The highest BCUT2D eigenvalue weighted by atomic mass is 32.2. The van der Waals surface area contributed by atoms with Gasteiger partial charge in [-0.3, -0.25) is 4.79 Å². The summed E-state index contributed by atoms with van der Waals surface area (Å²) in [4.78, 5) is 10.2. The summed E-state index contributed by atoms with van der Waals surface area (Å²) < 4.78 is 25.5. The molecule has 0 aromatic carbocycles. The average Bonchev–Trinajstić information content (AvgIpc) is 2.12. The molecule has 0 aliphatic rings. The maximum atomic E-state index is 11.5. The van der Waals surface area contributed by atoms with Crippen LogP contribution in [0.2, 0.25) is 0 Å². The molecule has 0 saturated heterocycles. The van der Waals surface area contributed by atoms with Crippen LogP contribution in [0.25, 0.3) is 0 Å². The van der Waals surface area contributed by atoms with Crippen LogP contribution >= 0.6 is 11.8 Å². The van der Waals surface area contributed by atoms with Gasteiger partial charge < -0.3 is 5.11 Å². The molecule has 0 saturated carbocycles. The number of carboxylic acid groups (broad SMARTS) is 1. The zero-order valence-electron chi connectivity index (χ0n) is 9.60. The second kappa shape index (κ2) is 7.92. The van der Waals surface area contributed by atoms with E-state index in [0.29, 0.717) is 0 Å². The summed E-state index contributed by atoms with van der Waals surface area (Å²) >= 11 is 1.66. The molecule has 7 heteroatoms. The van der Waals surface area contributed by atoms with Gasteiger partial charge in [0.25, 0.3) is 0 Å². The Kier molecular flexibility index (Phi) is 7.78.